The molecule has 1 heterocycles. The highest BCUT2D eigenvalue weighted by Crippen LogP contribution is 2.22. The maximum absolute atomic E-state index is 12.3. The molecular formula is C13H18N2O5S. The van der Waals surface area contributed by atoms with Crippen molar-refractivity contribution in [1.82, 2.24) is 4.72 Å². The molecule has 1 aliphatic heterocycles. The fourth-order valence-corrected chi connectivity index (χ4v) is 3.71. The first-order valence-corrected chi connectivity index (χ1v) is 8.04. The number of carboxylic acids is 1. The van der Waals surface area contributed by atoms with Crippen molar-refractivity contribution < 1.29 is 23.1 Å². The van der Waals surface area contributed by atoms with Crippen LogP contribution in [-0.2, 0) is 14.8 Å². The summed E-state index contributed by atoms with van der Waals surface area (Å²) in [7, 11) is -3.78. The van der Waals surface area contributed by atoms with Crippen LogP contribution in [-0.4, -0.2) is 38.2 Å². The van der Waals surface area contributed by atoms with E-state index in [9.17, 15) is 13.2 Å². The van der Waals surface area contributed by atoms with E-state index < -0.39 is 16.0 Å². The SMILES string of the molecule is CC1CC(NS(=O)(=O)c2ccc(C(=O)O)cc2N)CCO1. The Kier molecular flexibility index (Phi) is 4.50. The third kappa shape index (κ3) is 3.72. The Morgan fingerprint density at radius 1 is 1.48 bits per heavy atom. The van der Waals surface area contributed by atoms with Crippen LogP contribution >= 0.6 is 0 Å². The molecule has 2 unspecified atom stereocenters. The highest BCUT2D eigenvalue weighted by Gasteiger charge is 2.26. The second-order valence-corrected chi connectivity index (χ2v) is 6.76. The van der Waals surface area contributed by atoms with Crippen LogP contribution in [0, 0.1) is 0 Å². The average Bonchev–Trinajstić information content (AvgIpc) is 2.37. The molecule has 0 aromatic heterocycles. The molecule has 1 fully saturated rings. The summed E-state index contributed by atoms with van der Waals surface area (Å²) in [4.78, 5) is 10.7. The number of nitrogens with two attached hydrogens (primary N) is 1. The first-order valence-electron chi connectivity index (χ1n) is 6.56. The summed E-state index contributed by atoms with van der Waals surface area (Å²) in [5, 5.41) is 8.86. The van der Waals surface area contributed by atoms with Crippen molar-refractivity contribution in [3.8, 4) is 0 Å². The maximum Gasteiger partial charge on any atom is 0.335 e. The molecule has 0 aliphatic carbocycles. The summed E-state index contributed by atoms with van der Waals surface area (Å²) < 4.78 is 32.6. The Morgan fingerprint density at radius 2 is 2.19 bits per heavy atom. The van der Waals surface area contributed by atoms with E-state index in [-0.39, 0.29) is 28.3 Å². The van der Waals surface area contributed by atoms with Gasteiger partial charge in [0.2, 0.25) is 10.0 Å². The first kappa shape index (κ1) is 15.7. The Hall–Kier alpha value is -1.64. The molecular weight excluding hydrogens is 296 g/mol. The zero-order chi connectivity index (χ0) is 15.6. The monoisotopic (exact) mass is 314 g/mol. The van der Waals surface area contributed by atoms with Crippen LogP contribution in [0.4, 0.5) is 5.69 Å². The Labute approximate surface area is 123 Å². The molecule has 0 radical (unpaired) electrons. The van der Waals surface area contributed by atoms with E-state index in [4.69, 9.17) is 15.6 Å². The van der Waals surface area contributed by atoms with Crippen molar-refractivity contribution in [2.24, 2.45) is 0 Å². The topological polar surface area (TPSA) is 119 Å². The van der Waals surface area contributed by atoms with E-state index >= 15 is 0 Å². The minimum absolute atomic E-state index is 0.00168. The quantitative estimate of drug-likeness (QED) is 0.708. The largest absolute Gasteiger partial charge is 0.478 e. The third-order valence-corrected chi connectivity index (χ3v) is 4.95. The van der Waals surface area contributed by atoms with Crippen LogP contribution in [0.1, 0.15) is 30.1 Å². The van der Waals surface area contributed by atoms with Crippen LogP contribution < -0.4 is 10.5 Å². The van der Waals surface area contributed by atoms with Crippen molar-refractivity contribution >= 4 is 21.7 Å². The van der Waals surface area contributed by atoms with Crippen molar-refractivity contribution in [1.29, 1.82) is 0 Å². The Morgan fingerprint density at radius 3 is 2.76 bits per heavy atom. The summed E-state index contributed by atoms with van der Waals surface area (Å²) in [5.41, 5.74) is 5.54. The number of nitrogens with one attached hydrogen (secondary N) is 1. The predicted molar refractivity (Wildman–Crippen MR) is 76.6 cm³/mol. The molecule has 7 nitrogen and oxygen atoms in total. The van der Waals surface area contributed by atoms with Gasteiger partial charge < -0.3 is 15.6 Å². The molecule has 0 amide bonds. The summed E-state index contributed by atoms with van der Waals surface area (Å²) in [5.74, 6) is -1.16. The van der Waals surface area contributed by atoms with Gasteiger partial charge in [0.25, 0.3) is 0 Å². The van der Waals surface area contributed by atoms with Gasteiger partial charge in [-0.25, -0.2) is 17.9 Å². The second kappa shape index (κ2) is 6.00. The number of rotatable bonds is 4. The lowest BCUT2D eigenvalue weighted by Crippen LogP contribution is -2.41. The van der Waals surface area contributed by atoms with Gasteiger partial charge in [-0.3, -0.25) is 0 Å². The minimum Gasteiger partial charge on any atom is -0.478 e. The molecule has 4 N–H and O–H groups in total. The molecule has 0 saturated carbocycles. The lowest BCUT2D eigenvalue weighted by Gasteiger charge is -2.27. The zero-order valence-corrected chi connectivity index (χ0v) is 12.4. The van der Waals surface area contributed by atoms with Gasteiger partial charge in [0.1, 0.15) is 4.90 Å². The highest BCUT2D eigenvalue weighted by molar-refractivity contribution is 7.89. The van der Waals surface area contributed by atoms with Gasteiger partial charge in [-0.15, -0.1) is 0 Å². The number of aromatic carboxylic acids is 1. The fraction of sp³-hybridized carbons (Fsp3) is 0.462. The molecule has 116 valence electrons. The van der Waals surface area contributed by atoms with Crippen molar-refractivity contribution in [3.63, 3.8) is 0 Å². The number of benzene rings is 1. The van der Waals surface area contributed by atoms with Gasteiger partial charge in [-0.05, 0) is 38.0 Å². The molecule has 21 heavy (non-hydrogen) atoms. The summed E-state index contributed by atoms with van der Waals surface area (Å²) >= 11 is 0. The van der Waals surface area contributed by atoms with Gasteiger partial charge in [-0.1, -0.05) is 0 Å². The molecule has 2 rings (SSSR count). The standard InChI is InChI=1S/C13H18N2O5S/c1-8-6-10(4-5-20-8)15-21(18,19)12-3-2-9(13(16)17)7-11(12)14/h2-3,7-8,10,15H,4-6,14H2,1H3,(H,16,17). The highest BCUT2D eigenvalue weighted by atomic mass is 32.2. The van der Waals surface area contributed by atoms with E-state index in [1.54, 1.807) is 0 Å². The Balaban J connectivity index is 2.21. The summed E-state index contributed by atoms with van der Waals surface area (Å²) in [6, 6.07) is 3.37. The number of anilines is 1. The molecule has 0 bridgehead atoms. The summed E-state index contributed by atoms with van der Waals surface area (Å²) in [6.45, 7) is 2.39. The predicted octanol–water partition coefficient (Wildman–Crippen LogP) is 0.813. The Bertz CT molecular complexity index is 644. The fourth-order valence-electron chi connectivity index (χ4n) is 2.31. The van der Waals surface area contributed by atoms with Crippen LogP contribution in [0.3, 0.4) is 0 Å². The number of sulfonamides is 1. The lowest BCUT2D eigenvalue weighted by molar-refractivity contribution is 0.0173. The van der Waals surface area contributed by atoms with Gasteiger partial charge in [0.05, 0.1) is 17.4 Å². The van der Waals surface area contributed by atoms with E-state index in [2.05, 4.69) is 4.72 Å². The van der Waals surface area contributed by atoms with Gasteiger partial charge in [-0.2, -0.15) is 0 Å². The lowest BCUT2D eigenvalue weighted by atomic mass is 10.1. The number of hydrogen-bond donors (Lipinski definition) is 3. The van der Waals surface area contributed by atoms with Gasteiger partial charge in [0.15, 0.2) is 0 Å². The van der Waals surface area contributed by atoms with Crippen molar-refractivity contribution in [3.05, 3.63) is 23.8 Å². The van der Waals surface area contributed by atoms with Crippen LogP contribution in [0.25, 0.3) is 0 Å². The van der Waals surface area contributed by atoms with Crippen molar-refractivity contribution in [2.75, 3.05) is 12.3 Å². The minimum atomic E-state index is -3.78. The van der Waals surface area contributed by atoms with E-state index in [1.807, 2.05) is 6.92 Å². The maximum atomic E-state index is 12.3. The third-order valence-electron chi connectivity index (χ3n) is 3.35. The first-order chi connectivity index (χ1) is 9.79. The van der Waals surface area contributed by atoms with E-state index in [0.29, 0.717) is 19.4 Å². The van der Waals surface area contributed by atoms with E-state index in [1.165, 1.54) is 12.1 Å². The number of ether oxygens (including phenoxy) is 1. The molecule has 0 spiro atoms. The molecule has 1 saturated heterocycles. The number of carboxylic acid groups (broad SMARTS) is 1. The van der Waals surface area contributed by atoms with Crippen LogP contribution in [0.2, 0.25) is 0 Å². The molecule has 1 aromatic carbocycles. The molecule has 1 aliphatic rings. The van der Waals surface area contributed by atoms with Gasteiger partial charge in [0, 0.05) is 12.6 Å². The van der Waals surface area contributed by atoms with E-state index in [0.717, 1.165) is 6.07 Å². The second-order valence-electron chi connectivity index (χ2n) is 5.08. The zero-order valence-electron chi connectivity index (χ0n) is 11.6. The molecule has 2 atom stereocenters. The summed E-state index contributed by atoms with van der Waals surface area (Å²) in [6.07, 6.45) is 1.18. The molecule has 1 aromatic rings. The van der Waals surface area contributed by atoms with Crippen LogP contribution in [0.5, 0.6) is 0 Å². The van der Waals surface area contributed by atoms with Crippen molar-refractivity contribution in [2.45, 2.75) is 36.8 Å². The number of carbonyl (C=O) groups is 1. The average molecular weight is 314 g/mol. The number of hydrogen-bond acceptors (Lipinski definition) is 5. The van der Waals surface area contributed by atoms with Crippen LogP contribution in [0.15, 0.2) is 23.1 Å². The smallest absolute Gasteiger partial charge is 0.335 e. The number of nitrogen functional groups attached to an aromatic ring is 1. The molecule has 8 heteroatoms. The van der Waals surface area contributed by atoms with Gasteiger partial charge >= 0.3 is 5.97 Å². The normalized spacial score (nSPS) is 22.9.